The zero-order valence-electron chi connectivity index (χ0n) is 19.6. The summed E-state index contributed by atoms with van der Waals surface area (Å²) in [5.41, 5.74) is 1.53. The van der Waals surface area contributed by atoms with Gasteiger partial charge in [0.2, 0.25) is 0 Å². The van der Waals surface area contributed by atoms with Crippen molar-refractivity contribution < 1.29 is 28.8 Å². The van der Waals surface area contributed by atoms with Crippen molar-refractivity contribution in [2.75, 3.05) is 24.3 Å². The van der Waals surface area contributed by atoms with Crippen molar-refractivity contribution in [3.63, 3.8) is 0 Å². The molecule has 0 saturated heterocycles. The van der Waals surface area contributed by atoms with Crippen LogP contribution in [0.15, 0.2) is 23.4 Å². The molecule has 0 spiro atoms. The Morgan fingerprint density at radius 2 is 2.00 bits per heavy atom. The fourth-order valence-electron chi connectivity index (χ4n) is 4.61. The molecule has 194 valence electrons. The number of hydrogen-bond acceptors (Lipinski definition) is 10. The Morgan fingerprint density at radius 3 is 2.75 bits per heavy atom. The molecule has 2 fully saturated rings. The number of aliphatic hydroxyl groups excluding tert-OH is 3. The zero-order chi connectivity index (χ0) is 25.4. The molecule has 2 aromatic heterocycles. The Labute approximate surface area is 210 Å². The van der Waals surface area contributed by atoms with Crippen molar-refractivity contribution in [2.24, 2.45) is 0 Å². The quantitative estimate of drug-likeness (QED) is 0.231. The Bertz CT molecular complexity index is 1230. The predicted octanol–water partition coefficient (Wildman–Crippen LogP) is 2.01. The number of nitrogens with zero attached hydrogens (tertiary/aromatic N) is 5. The first-order chi connectivity index (χ1) is 17.4. The van der Waals surface area contributed by atoms with Crippen LogP contribution >= 0.6 is 11.8 Å². The fourth-order valence-corrected chi connectivity index (χ4v) is 5.31. The van der Waals surface area contributed by atoms with Crippen LogP contribution in [0.1, 0.15) is 43.7 Å². The van der Waals surface area contributed by atoms with E-state index in [0.717, 1.165) is 24.7 Å². The average Bonchev–Trinajstić information content (AvgIpc) is 3.41. The minimum Gasteiger partial charge on any atom is -0.394 e. The molecular formula is C23H28F2N6O4S. The summed E-state index contributed by atoms with van der Waals surface area (Å²) in [5.74, 6) is -0.472. The second-order valence-electron chi connectivity index (χ2n) is 9.09. The van der Waals surface area contributed by atoms with Gasteiger partial charge in [0, 0.05) is 24.1 Å². The summed E-state index contributed by atoms with van der Waals surface area (Å²) < 4.78 is 34.0. The van der Waals surface area contributed by atoms with Crippen molar-refractivity contribution in [2.45, 2.75) is 67.7 Å². The lowest BCUT2D eigenvalue weighted by molar-refractivity contribution is -0.0629. The molecule has 0 bridgehead atoms. The molecule has 2 aliphatic rings. The monoisotopic (exact) mass is 522 g/mol. The summed E-state index contributed by atoms with van der Waals surface area (Å²) in [6.45, 7) is 1.91. The van der Waals surface area contributed by atoms with E-state index in [9.17, 15) is 19.0 Å². The maximum atomic E-state index is 13.7. The van der Waals surface area contributed by atoms with Gasteiger partial charge in [0.15, 0.2) is 33.8 Å². The van der Waals surface area contributed by atoms with Crippen molar-refractivity contribution in [3.05, 3.63) is 35.4 Å². The van der Waals surface area contributed by atoms with Gasteiger partial charge in [0.05, 0.1) is 25.4 Å². The first kappa shape index (κ1) is 25.2. The molecule has 0 unspecified atom stereocenters. The molecule has 0 radical (unpaired) electrons. The van der Waals surface area contributed by atoms with Crippen LogP contribution in [0.2, 0.25) is 0 Å². The molecule has 2 heterocycles. The average molecular weight is 523 g/mol. The molecule has 5 rings (SSSR count). The number of hydrogen-bond donors (Lipinski definition) is 4. The van der Waals surface area contributed by atoms with Crippen molar-refractivity contribution in [3.8, 4) is 0 Å². The van der Waals surface area contributed by atoms with Gasteiger partial charge in [-0.2, -0.15) is 0 Å². The number of fused-ring (bicyclic) bond motifs is 1. The molecule has 0 aliphatic heterocycles. The lowest BCUT2D eigenvalue weighted by Crippen LogP contribution is -2.33. The number of nitrogens with one attached hydrogen (secondary N) is 1. The van der Waals surface area contributed by atoms with Crippen LogP contribution < -0.4 is 5.32 Å². The van der Waals surface area contributed by atoms with Crippen LogP contribution in [0, 0.1) is 11.6 Å². The van der Waals surface area contributed by atoms with Crippen LogP contribution in [0.25, 0.3) is 11.2 Å². The first-order valence-corrected chi connectivity index (χ1v) is 13.0. The topological polar surface area (TPSA) is 138 Å². The van der Waals surface area contributed by atoms with Crippen LogP contribution in [0.4, 0.5) is 14.6 Å². The van der Waals surface area contributed by atoms with Gasteiger partial charge in [-0.1, -0.05) is 30.0 Å². The van der Waals surface area contributed by atoms with Crippen molar-refractivity contribution >= 4 is 28.7 Å². The maximum Gasteiger partial charge on any atom is 0.191 e. The Hall–Kier alpha value is -2.45. The van der Waals surface area contributed by atoms with Crippen molar-refractivity contribution in [1.82, 2.24) is 25.0 Å². The van der Waals surface area contributed by atoms with Gasteiger partial charge >= 0.3 is 0 Å². The van der Waals surface area contributed by atoms with E-state index in [1.165, 1.54) is 22.5 Å². The molecule has 1 aromatic carbocycles. The van der Waals surface area contributed by atoms with E-state index < -0.39 is 36.0 Å². The highest BCUT2D eigenvalue weighted by atomic mass is 32.2. The lowest BCUT2D eigenvalue weighted by atomic mass is 10.1. The second kappa shape index (κ2) is 10.5. The highest BCUT2D eigenvalue weighted by Gasteiger charge is 2.45. The van der Waals surface area contributed by atoms with Crippen LogP contribution in [0.3, 0.4) is 0 Å². The van der Waals surface area contributed by atoms with Gasteiger partial charge in [-0.3, -0.25) is 0 Å². The third kappa shape index (κ3) is 4.90. The number of halogens is 2. The Morgan fingerprint density at radius 1 is 1.17 bits per heavy atom. The van der Waals surface area contributed by atoms with Crippen molar-refractivity contribution in [1.29, 1.82) is 0 Å². The minimum absolute atomic E-state index is 0.00291. The van der Waals surface area contributed by atoms with E-state index in [1.54, 1.807) is 6.07 Å². The molecule has 3 aromatic rings. The normalized spacial score (nSPS) is 27.6. The molecule has 10 nitrogen and oxygen atoms in total. The standard InChI is InChI=1S/C23H28F2N6O4S/c1-2-7-36-23-27-21(26-15-9-12(15)11-3-4-13(24)14(25)8-11)18-22(28-23)31(30-29-18)16-10-17(35-6-5-32)20(34)19(16)33/h3-4,8,12,15-17,19-20,32-34H,2,5-7,9-10H2,1H3,(H,26,27,28)/t12-,15+,16+,17-,19-,20+/m1/s1. The molecule has 2 aliphatic carbocycles. The van der Waals surface area contributed by atoms with E-state index in [-0.39, 0.29) is 31.6 Å². The van der Waals surface area contributed by atoms with Gasteiger partial charge in [-0.05, 0) is 30.5 Å². The summed E-state index contributed by atoms with van der Waals surface area (Å²) in [6, 6.07) is 3.26. The number of thioether (sulfide) groups is 1. The maximum absolute atomic E-state index is 13.7. The van der Waals surface area contributed by atoms with Crippen LogP contribution in [-0.2, 0) is 4.74 Å². The second-order valence-corrected chi connectivity index (χ2v) is 10.2. The molecule has 2 saturated carbocycles. The van der Waals surface area contributed by atoms with Gasteiger partial charge < -0.3 is 25.4 Å². The van der Waals surface area contributed by atoms with Crippen LogP contribution in [0.5, 0.6) is 0 Å². The fraction of sp³-hybridized carbons (Fsp3) is 0.565. The predicted molar refractivity (Wildman–Crippen MR) is 128 cm³/mol. The van der Waals surface area contributed by atoms with E-state index in [2.05, 4.69) is 32.5 Å². The SMILES string of the molecule is CCCSc1nc(N[C@H]2C[C@@H]2c2ccc(F)c(F)c2)c2nnn([C@H]3C[C@@H](OCCO)[C@H](O)[C@@H]3O)c2n1. The van der Waals surface area contributed by atoms with E-state index in [1.807, 2.05) is 0 Å². The largest absolute Gasteiger partial charge is 0.394 e. The number of ether oxygens (including phenoxy) is 1. The highest BCUT2D eigenvalue weighted by molar-refractivity contribution is 7.99. The summed E-state index contributed by atoms with van der Waals surface area (Å²) in [7, 11) is 0. The molecule has 0 amide bonds. The summed E-state index contributed by atoms with van der Waals surface area (Å²) in [6.07, 6.45) is -1.04. The van der Waals surface area contributed by atoms with Gasteiger partial charge in [-0.15, -0.1) is 5.10 Å². The lowest BCUT2D eigenvalue weighted by Gasteiger charge is -2.17. The smallest absolute Gasteiger partial charge is 0.191 e. The van der Waals surface area contributed by atoms with E-state index in [4.69, 9.17) is 9.84 Å². The Kier molecular flexibility index (Phi) is 7.35. The number of aromatic nitrogens is 5. The highest BCUT2D eigenvalue weighted by Crippen LogP contribution is 2.44. The summed E-state index contributed by atoms with van der Waals surface area (Å²) >= 11 is 1.48. The molecule has 36 heavy (non-hydrogen) atoms. The summed E-state index contributed by atoms with van der Waals surface area (Å²) in [5, 5.41) is 42.5. The van der Waals surface area contributed by atoms with E-state index >= 15 is 0 Å². The first-order valence-electron chi connectivity index (χ1n) is 12.0. The minimum atomic E-state index is -1.15. The van der Waals surface area contributed by atoms with E-state index in [0.29, 0.717) is 27.7 Å². The third-order valence-corrected chi connectivity index (χ3v) is 7.61. The zero-order valence-corrected chi connectivity index (χ0v) is 20.4. The van der Waals surface area contributed by atoms with Crippen LogP contribution in [-0.4, -0.2) is 83.6 Å². The number of benzene rings is 1. The van der Waals surface area contributed by atoms with Gasteiger partial charge in [-0.25, -0.2) is 23.4 Å². The molecule has 4 N–H and O–H groups in total. The number of anilines is 1. The molecular weight excluding hydrogens is 494 g/mol. The number of aliphatic hydroxyl groups is 3. The molecule has 6 atom stereocenters. The number of rotatable bonds is 10. The summed E-state index contributed by atoms with van der Waals surface area (Å²) in [4.78, 5) is 9.27. The molecule has 13 heteroatoms. The van der Waals surface area contributed by atoms with Gasteiger partial charge in [0.1, 0.15) is 12.2 Å². The van der Waals surface area contributed by atoms with Gasteiger partial charge in [0.25, 0.3) is 0 Å². The third-order valence-electron chi connectivity index (χ3n) is 6.56. The Balaban J connectivity index is 1.43.